The molecule has 17 heavy (non-hydrogen) atoms. The lowest BCUT2D eigenvalue weighted by Gasteiger charge is -2.18. The fraction of sp³-hybridized carbons (Fsp3) is 0.833. The molecular weight excluding hydrogens is 220 g/mol. The van der Waals surface area contributed by atoms with Gasteiger partial charge in [0, 0.05) is 13.0 Å². The number of amides is 1. The highest BCUT2D eigenvalue weighted by Crippen LogP contribution is 2.19. The number of nitrogens with zero attached hydrogens (tertiary/aromatic N) is 1. The van der Waals surface area contributed by atoms with Gasteiger partial charge >= 0.3 is 5.97 Å². The number of unbranched alkanes of at least 4 members (excludes halogenated alkanes) is 1. The van der Waals surface area contributed by atoms with Crippen LogP contribution in [-0.2, 0) is 9.59 Å². The third-order valence-corrected chi connectivity index (χ3v) is 2.54. The van der Waals surface area contributed by atoms with Crippen molar-refractivity contribution in [1.82, 2.24) is 10.2 Å². The maximum atomic E-state index is 11.5. The van der Waals surface area contributed by atoms with Gasteiger partial charge in [-0.3, -0.25) is 9.59 Å². The predicted octanol–water partition coefficient (Wildman–Crippen LogP) is 0.945. The summed E-state index contributed by atoms with van der Waals surface area (Å²) in [4.78, 5) is 24.4. The summed E-state index contributed by atoms with van der Waals surface area (Å²) in [5.41, 5.74) is -0.992. The van der Waals surface area contributed by atoms with Gasteiger partial charge in [0.25, 0.3) is 0 Å². The molecule has 0 rings (SSSR count). The van der Waals surface area contributed by atoms with E-state index in [1.54, 1.807) is 13.8 Å². The van der Waals surface area contributed by atoms with Crippen LogP contribution < -0.4 is 5.32 Å². The molecule has 0 aromatic rings. The Hall–Kier alpha value is -1.10. The van der Waals surface area contributed by atoms with Gasteiger partial charge in [0.05, 0.1) is 5.41 Å². The first-order valence-electron chi connectivity index (χ1n) is 5.90. The van der Waals surface area contributed by atoms with Crippen molar-refractivity contribution >= 4 is 11.9 Å². The molecule has 0 saturated carbocycles. The van der Waals surface area contributed by atoms with Gasteiger partial charge in [-0.1, -0.05) is 0 Å². The Bertz CT molecular complexity index is 262. The number of nitrogens with one attached hydrogen (secondary N) is 1. The number of carbonyl (C=O) groups excluding carboxylic acids is 1. The van der Waals surface area contributed by atoms with E-state index in [1.165, 1.54) is 0 Å². The van der Waals surface area contributed by atoms with E-state index in [1.807, 2.05) is 14.1 Å². The third kappa shape index (κ3) is 7.74. The van der Waals surface area contributed by atoms with Gasteiger partial charge in [-0.15, -0.1) is 0 Å². The van der Waals surface area contributed by atoms with Crippen LogP contribution in [0.4, 0.5) is 0 Å². The molecule has 0 heterocycles. The van der Waals surface area contributed by atoms with E-state index in [0.717, 1.165) is 19.4 Å². The molecule has 0 aromatic heterocycles. The van der Waals surface area contributed by atoms with E-state index in [4.69, 9.17) is 5.11 Å². The number of carboxylic acid groups (broad SMARTS) is 1. The zero-order chi connectivity index (χ0) is 13.5. The SMILES string of the molecule is CN(C)CCCCNC(=O)CC(C)(C)C(=O)O. The minimum atomic E-state index is -0.992. The summed E-state index contributed by atoms with van der Waals surface area (Å²) in [6.45, 7) is 4.72. The largest absolute Gasteiger partial charge is 0.481 e. The molecular formula is C12H24N2O3. The quantitative estimate of drug-likeness (QED) is 0.624. The molecule has 0 aliphatic rings. The van der Waals surface area contributed by atoms with Gasteiger partial charge in [-0.2, -0.15) is 0 Å². The van der Waals surface area contributed by atoms with Crippen LogP contribution in [-0.4, -0.2) is 49.1 Å². The predicted molar refractivity (Wildman–Crippen MR) is 66.8 cm³/mol. The Morgan fingerprint density at radius 2 is 1.82 bits per heavy atom. The standard InChI is InChI=1S/C12H24N2O3/c1-12(2,11(16)17)9-10(15)13-7-5-6-8-14(3)4/h5-9H2,1-4H3,(H,13,15)(H,16,17). The third-order valence-electron chi connectivity index (χ3n) is 2.54. The van der Waals surface area contributed by atoms with Crippen LogP contribution in [0.1, 0.15) is 33.1 Å². The van der Waals surface area contributed by atoms with Crippen molar-refractivity contribution in [1.29, 1.82) is 0 Å². The van der Waals surface area contributed by atoms with E-state index in [9.17, 15) is 9.59 Å². The molecule has 0 aliphatic carbocycles. The Balaban J connectivity index is 3.70. The number of aliphatic carboxylic acids is 1. The molecule has 0 aromatic carbocycles. The lowest BCUT2D eigenvalue weighted by molar-refractivity contribution is -0.149. The molecule has 0 saturated heterocycles. The van der Waals surface area contributed by atoms with Crippen molar-refractivity contribution in [2.24, 2.45) is 5.41 Å². The zero-order valence-electron chi connectivity index (χ0n) is 11.2. The van der Waals surface area contributed by atoms with Gasteiger partial charge in [0.1, 0.15) is 0 Å². The summed E-state index contributed by atoms with van der Waals surface area (Å²) in [5.74, 6) is -1.14. The van der Waals surface area contributed by atoms with E-state index >= 15 is 0 Å². The average Bonchev–Trinajstić information content (AvgIpc) is 2.15. The summed E-state index contributed by atoms with van der Waals surface area (Å²) < 4.78 is 0. The van der Waals surface area contributed by atoms with Crippen molar-refractivity contribution in [3.63, 3.8) is 0 Å². The maximum absolute atomic E-state index is 11.5. The summed E-state index contributed by atoms with van der Waals surface area (Å²) in [5, 5.41) is 11.6. The van der Waals surface area contributed by atoms with Crippen LogP contribution in [0, 0.1) is 5.41 Å². The fourth-order valence-corrected chi connectivity index (χ4v) is 1.32. The average molecular weight is 244 g/mol. The number of hydrogen-bond donors (Lipinski definition) is 2. The molecule has 2 N–H and O–H groups in total. The Morgan fingerprint density at radius 1 is 1.24 bits per heavy atom. The molecule has 0 bridgehead atoms. The first-order valence-corrected chi connectivity index (χ1v) is 5.90. The van der Waals surface area contributed by atoms with Gasteiger partial charge < -0.3 is 15.3 Å². The fourth-order valence-electron chi connectivity index (χ4n) is 1.32. The first kappa shape index (κ1) is 15.9. The number of carboxylic acids is 1. The molecule has 0 radical (unpaired) electrons. The molecule has 1 amide bonds. The van der Waals surface area contributed by atoms with Crippen LogP contribution in [0.15, 0.2) is 0 Å². The van der Waals surface area contributed by atoms with Crippen LogP contribution in [0.3, 0.4) is 0 Å². The number of rotatable bonds is 8. The summed E-state index contributed by atoms with van der Waals surface area (Å²) in [7, 11) is 4.02. The Morgan fingerprint density at radius 3 is 2.29 bits per heavy atom. The van der Waals surface area contributed by atoms with Crippen molar-refractivity contribution in [3.8, 4) is 0 Å². The lowest BCUT2D eigenvalue weighted by atomic mass is 9.89. The lowest BCUT2D eigenvalue weighted by Crippen LogP contribution is -2.33. The molecule has 5 nitrogen and oxygen atoms in total. The topological polar surface area (TPSA) is 69.6 Å². The molecule has 0 aliphatic heterocycles. The minimum absolute atomic E-state index is 0.0238. The second-order valence-corrected chi connectivity index (χ2v) is 5.23. The highest BCUT2D eigenvalue weighted by atomic mass is 16.4. The second kappa shape index (κ2) is 7.27. The first-order chi connectivity index (χ1) is 7.75. The second-order valence-electron chi connectivity index (χ2n) is 5.23. The van der Waals surface area contributed by atoms with Gasteiger partial charge in [0.15, 0.2) is 0 Å². The zero-order valence-corrected chi connectivity index (χ0v) is 11.2. The van der Waals surface area contributed by atoms with E-state index < -0.39 is 11.4 Å². The minimum Gasteiger partial charge on any atom is -0.481 e. The van der Waals surface area contributed by atoms with Crippen LogP contribution in [0.2, 0.25) is 0 Å². The van der Waals surface area contributed by atoms with Crippen LogP contribution in [0.5, 0.6) is 0 Å². The maximum Gasteiger partial charge on any atom is 0.309 e. The molecule has 0 atom stereocenters. The van der Waals surface area contributed by atoms with E-state index in [0.29, 0.717) is 6.54 Å². The van der Waals surface area contributed by atoms with Crippen molar-refractivity contribution in [2.75, 3.05) is 27.2 Å². The summed E-state index contributed by atoms with van der Waals surface area (Å²) in [6.07, 6.45) is 1.96. The van der Waals surface area contributed by atoms with Gasteiger partial charge in [-0.05, 0) is 47.3 Å². The number of hydrogen-bond acceptors (Lipinski definition) is 3. The Labute approximate surface area is 103 Å². The monoisotopic (exact) mass is 244 g/mol. The molecule has 5 heteroatoms. The van der Waals surface area contributed by atoms with Gasteiger partial charge in [-0.25, -0.2) is 0 Å². The van der Waals surface area contributed by atoms with Crippen molar-refractivity contribution in [3.05, 3.63) is 0 Å². The summed E-state index contributed by atoms with van der Waals surface area (Å²) in [6, 6.07) is 0. The van der Waals surface area contributed by atoms with Crippen molar-refractivity contribution < 1.29 is 14.7 Å². The van der Waals surface area contributed by atoms with E-state index in [-0.39, 0.29) is 12.3 Å². The van der Waals surface area contributed by atoms with Crippen molar-refractivity contribution in [2.45, 2.75) is 33.1 Å². The molecule has 0 unspecified atom stereocenters. The van der Waals surface area contributed by atoms with Gasteiger partial charge in [0.2, 0.25) is 5.91 Å². The molecule has 100 valence electrons. The van der Waals surface area contributed by atoms with E-state index in [2.05, 4.69) is 10.2 Å². The highest BCUT2D eigenvalue weighted by Gasteiger charge is 2.29. The smallest absolute Gasteiger partial charge is 0.309 e. The highest BCUT2D eigenvalue weighted by molar-refractivity contribution is 5.84. The Kier molecular flexibility index (Phi) is 6.80. The van der Waals surface area contributed by atoms with Crippen LogP contribution in [0.25, 0.3) is 0 Å². The van der Waals surface area contributed by atoms with Crippen LogP contribution >= 0.6 is 0 Å². The normalized spacial score (nSPS) is 11.6. The summed E-state index contributed by atoms with van der Waals surface area (Å²) >= 11 is 0. The number of carbonyl (C=O) groups is 2. The molecule has 0 spiro atoms. The molecule has 0 fully saturated rings.